The van der Waals surface area contributed by atoms with E-state index in [-0.39, 0.29) is 0 Å². The lowest BCUT2D eigenvalue weighted by Crippen LogP contribution is -2.37. The third-order valence-corrected chi connectivity index (χ3v) is 4.02. The summed E-state index contributed by atoms with van der Waals surface area (Å²) in [5.41, 5.74) is 5.43. The van der Waals surface area contributed by atoms with Gasteiger partial charge in [0.05, 0.1) is 11.8 Å². The number of fused-ring (bicyclic) bond motifs is 1. The molecule has 1 unspecified atom stereocenters. The number of hydrogen-bond donors (Lipinski definition) is 1. The van der Waals surface area contributed by atoms with Gasteiger partial charge in [0.1, 0.15) is 11.0 Å². The summed E-state index contributed by atoms with van der Waals surface area (Å²) >= 11 is 6.36. The van der Waals surface area contributed by atoms with Gasteiger partial charge in [0.15, 0.2) is 0 Å². The van der Waals surface area contributed by atoms with Crippen molar-refractivity contribution < 1.29 is 0 Å². The van der Waals surface area contributed by atoms with E-state index in [4.69, 9.17) is 16.6 Å². The fourth-order valence-corrected chi connectivity index (χ4v) is 2.77. The summed E-state index contributed by atoms with van der Waals surface area (Å²) in [5.74, 6) is 1.67. The van der Waals surface area contributed by atoms with E-state index < -0.39 is 0 Å². The van der Waals surface area contributed by atoms with E-state index in [2.05, 4.69) is 23.6 Å². The maximum atomic E-state index is 6.36. The Kier molecular flexibility index (Phi) is 2.50. The molecule has 3 aliphatic rings. The molecule has 0 spiro atoms. The Balaban J connectivity index is 1.70. The number of benzene rings is 1. The molecule has 4 heteroatoms. The molecule has 1 fully saturated rings. The van der Waals surface area contributed by atoms with Crippen molar-refractivity contribution in [2.75, 3.05) is 0 Å². The molecule has 1 saturated carbocycles. The number of aliphatic imine (C=N–C) groups is 1. The van der Waals surface area contributed by atoms with Gasteiger partial charge in [-0.25, -0.2) is 15.4 Å². The van der Waals surface area contributed by atoms with Crippen molar-refractivity contribution in [1.29, 1.82) is 0 Å². The molecule has 1 aromatic carbocycles. The molecule has 96 valence electrons. The van der Waals surface area contributed by atoms with Crippen molar-refractivity contribution >= 4 is 17.3 Å². The Labute approximate surface area is 117 Å². The van der Waals surface area contributed by atoms with Crippen molar-refractivity contribution in [2.45, 2.75) is 18.9 Å². The van der Waals surface area contributed by atoms with Crippen LogP contribution in [-0.2, 0) is 0 Å². The Morgan fingerprint density at radius 1 is 1.21 bits per heavy atom. The molecule has 0 bridgehead atoms. The first kappa shape index (κ1) is 11.3. The average molecular weight is 272 g/mol. The largest absolute Gasteiger partial charge is 0.248 e. The van der Waals surface area contributed by atoms with E-state index in [9.17, 15) is 0 Å². The molecular formula is C15H14ClN3. The van der Waals surface area contributed by atoms with Crippen LogP contribution in [0.15, 0.2) is 58.5 Å². The van der Waals surface area contributed by atoms with E-state index in [0.29, 0.717) is 11.2 Å². The third-order valence-electron chi connectivity index (χ3n) is 3.74. The minimum absolute atomic E-state index is 0.385. The van der Waals surface area contributed by atoms with Gasteiger partial charge in [-0.2, -0.15) is 0 Å². The van der Waals surface area contributed by atoms with Gasteiger partial charge in [-0.05, 0) is 24.8 Å². The Morgan fingerprint density at radius 2 is 2.00 bits per heavy atom. The zero-order valence-corrected chi connectivity index (χ0v) is 11.1. The van der Waals surface area contributed by atoms with Gasteiger partial charge < -0.3 is 0 Å². The van der Waals surface area contributed by atoms with Crippen LogP contribution in [0, 0.1) is 5.92 Å². The lowest BCUT2D eigenvalue weighted by Gasteiger charge is -2.24. The van der Waals surface area contributed by atoms with Gasteiger partial charge in [-0.3, -0.25) is 0 Å². The van der Waals surface area contributed by atoms with Crippen LogP contribution < -0.4 is 5.43 Å². The van der Waals surface area contributed by atoms with Crippen molar-refractivity contribution in [3.8, 4) is 0 Å². The van der Waals surface area contributed by atoms with Crippen molar-refractivity contribution in [2.24, 2.45) is 10.9 Å². The van der Waals surface area contributed by atoms with Crippen LogP contribution >= 0.6 is 11.6 Å². The average Bonchev–Trinajstić information content (AvgIpc) is 3.20. The molecule has 4 rings (SSSR count). The second kappa shape index (κ2) is 4.22. The first-order valence-corrected chi connectivity index (χ1v) is 6.98. The molecule has 1 N–H and O–H groups in total. The normalized spacial score (nSPS) is 25.6. The fourth-order valence-electron chi connectivity index (χ4n) is 2.53. The van der Waals surface area contributed by atoms with Crippen LogP contribution in [0.5, 0.6) is 0 Å². The second-order valence-corrected chi connectivity index (χ2v) is 5.57. The Bertz CT molecular complexity index is 599. The predicted octanol–water partition coefficient (Wildman–Crippen LogP) is 3.01. The predicted molar refractivity (Wildman–Crippen MR) is 76.5 cm³/mol. The highest BCUT2D eigenvalue weighted by atomic mass is 35.5. The molecule has 2 heterocycles. The quantitative estimate of drug-likeness (QED) is 0.838. The van der Waals surface area contributed by atoms with Crippen molar-refractivity contribution in [3.63, 3.8) is 0 Å². The van der Waals surface area contributed by atoms with Gasteiger partial charge in [0, 0.05) is 11.6 Å². The molecule has 1 atom stereocenters. The lowest BCUT2D eigenvalue weighted by molar-refractivity contribution is 0.317. The lowest BCUT2D eigenvalue weighted by atomic mass is 10.1. The Morgan fingerprint density at radius 3 is 2.74 bits per heavy atom. The molecule has 1 aliphatic carbocycles. The van der Waals surface area contributed by atoms with E-state index in [0.717, 1.165) is 23.0 Å². The number of hydrazine groups is 1. The van der Waals surface area contributed by atoms with Gasteiger partial charge in [0.25, 0.3) is 0 Å². The van der Waals surface area contributed by atoms with E-state index in [1.165, 1.54) is 12.8 Å². The molecule has 1 aromatic rings. The minimum Gasteiger partial charge on any atom is -0.248 e. The molecule has 2 aliphatic heterocycles. The molecule has 0 amide bonds. The molecule has 0 saturated heterocycles. The number of allylic oxidation sites excluding steroid dienone is 1. The summed E-state index contributed by atoms with van der Waals surface area (Å²) < 4.78 is 0. The molecule has 19 heavy (non-hydrogen) atoms. The number of hydrogen-bond acceptors (Lipinski definition) is 3. The topological polar surface area (TPSA) is 27.6 Å². The first-order chi connectivity index (χ1) is 9.31. The smallest absolute Gasteiger partial charge is 0.146 e. The van der Waals surface area contributed by atoms with Crippen LogP contribution in [0.2, 0.25) is 0 Å². The van der Waals surface area contributed by atoms with Crippen molar-refractivity contribution in [3.05, 3.63) is 59.0 Å². The van der Waals surface area contributed by atoms with Gasteiger partial charge >= 0.3 is 0 Å². The summed E-state index contributed by atoms with van der Waals surface area (Å²) in [4.78, 5) is 4.71. The van der Waals surface area contributed by atoms with Crippen LogP contribution in [-0.4, -0.2) is 16.8 Å². The number of halogens is 1. The van der Waals surface area contributed by atoms with E-state index in [1.54, 1.807) is 0 Å². The molecule has 0 aromatic heterocycles. The van der Waals surface area contributed by atoms with Gasteiger partial charge in [0.2, 0.25) is 0 Å². The Hall–Kier alpha value is -1.58. The summed E-state index contributed by atoms with van der Waals surface area (Å²) in [7, 11) is 0. The number of nitrogens with one attached hydrogen (secondary N) is 1. The SMILES string of the molecule is ClC1=CC(c2ccccc2)=NC2=CC(C3CC3)NN12. The highest BCUT2D eigenvalue weighted by Gasteiger charge is 2.37. The zero-order valence-electron chi connectivity index (χ0n) is 10.4. The second-order valence-electron chi connectivity index (χ2n) is 5.18. The van der Waals surface area contributed by atoms with Crippen LogP contribution in [0.25, 0.3) is 0 Å². The third kappa shape index (κ3) is 1.99. The summed E-state index contributed by atoms with van der Waals surface area (Å²) in [6, 6.07) is 10.5. The first-order valence-electron chi connectivity index (χ1n) is 6.61. The molecular weight excluding hydrogens is 258 g/mol. The number of nitrogens with zero attached hydrogens (tertiary/aromatic N) is 2. The van der Waals surface area contributed by atoms with Crippen LogP contribution in [0.1, 0.15) is 18.4 Å². The van der Waals surface area contributed by atoms with Crippen LogP contribution in [0.4, 0.5) is 0 Å². The van der Waals surface area contributed by atoms with E-state index >= 15 is 0 Å². The highest BCUT2D eigenvalue weighted by molar-refractivity contribution is 6.32. The molecule has 3 nitrogen and oxygen atoms in total. The standard InChI is InChI=1S/C15H14ClN3/c16-14-8-12(10-4-2-1-3-5-10)17-15-9-13(11-6-7-11)18-19(14)15/h1-5,8-9,11,13,18H,6-7H2. The van der Waals surface area contributed by atoms with E-state index in [1.807, 2.05) is 29.3 Å². The highest BCUT2D eigenvalue weighted by Crippen LogP contribution is 2.38. The fraction of sp³-hybridized carbons (Fsp3) is 0.267. The zero-order chi connectivity index (χ0) is 12.8. The summed E-state index contributed by atoms with van der Waals surface area (Å²) in [6.45, 7) is 0. The number of rotatable bonds is 2. The summed E-state index contributed by atoms with van der Waals surface area (Å²) in [6.07, 6.45) is 6.70. The minimum atomic E-state index is 0.385. The van der Waals surface area contributed by atoms with Gasteiger partial charge in [-0.1, -0.05) is 41.9 Å². The molecule has 0 radical (unpaired) electrons. The monoisotopic (exact) mass is 271 g/mol. The van der Waals surface area contributed by atoms with Crippen molar-refractivity contribution in [1.82, 2.24) is 10.4 Å². The van der Waals surface area contributed by atoms with Crippen LogP contribution in [0.3, 0.4) is 0 Å². The van der Waals surface area contributed by atoms with Gasteiger partial charge in [-0.15, -0.1) is 0 Å². The maximum Gasteiger partial charge on any atom is 0.146 e. The summed E-state index contributed by atoms with van der Waals surface area (Å²) in [5, 5.41) is 2.57. The maximum absolute atomic E-state index is 6.36.